The molecule has 0 saturated carbocycles. The highest BCUT2D eigenvalue weighted by Gasteiger charge is 2.23. The minimum atomic E-state index is -0.648. The van der Waals surface area contributed by atoms with E-state index in [0.29, 0.717) is 17.1 Å². The van der Waals surface area contributed by atoms with Crippen molar-refractivity contribution in [3.63, 3.8) is 0 Å². The van der Waals surface area contributed by atoms with Crippen molar-refractivity contribution in [1.29, 1.82) is 0 Å². The summed E-state index contributed by atoms with van der Waals surface area (Å²) in [6, 6.07) is 11.4. The molecule has 9 heteroatoms. The van der Waals surface area contributed by atoms with Crippen LogP contribution in [0.15, 0.2) is 47.0 Å². The Hall–Kier alpha value is -3.39. The molecular weight excluding hydrogens is 386 g/mol. The number of aryl methyl sites for hydroxylation is 2. The molecule has 0 fully saturated rings. The third-order valence-corrected chi connectivity index (χ3v) is 4.24. The summed E-state index contributed by atoms with van der Waals surface area (Å²) < 4.78 is 10.8. The van der Waals surface area contributed by atoms with Gasteiger partial charge in [0.15, 0.2) is 5.69 Å². The summed E-state index contributed by atoms with van der Waals surface area (Å²) in [5.41, 5.74) is 1.23. The van der Waals surface area contributed by atoms with Crippen LogP contribution in [0.4, 0.5) is 11.4 Å². The summed E-state index contributed by atoms with van der Waals surface area (Å²) in [6.07, 6.45) is 0. The van der Waals surface area contributed by atoms with Crippen molar-refractivity contribution >= 4 is 28.9 Å². The van der Waals surface area contributed by atoms with Crippen molar-refractivity contribution in [3.05, 3.63) is 80.2 Å². The number of carbonyl (C=O) groups excluding carboxylic acids is 1. The monoisotopic (exact) mass is 401 g/mol. The van der Waals surface area contributed by atoms with Crippen LogP contribution in [-0.4, -0.2) is 16.0 Å². The molecule has 1 aromatic heterocycles. The van der Waals surface area contributed by atoms with Gasteiger partial charge in [-0.15, -0.1) is 0 Å². The number of nitro groups is 1. The number of nitrogens with one attached hydrogen (secondary N) is 1. The Kier molecular flexibility index (Phi) is 5.60. The van der Waals surface area contributed by atoms with Crippen LogP contribution in [0.5, 0.6) is 5.75 Å². The van der Waals surface area contributed by atoms with Gasteiger partial charge >= 0.3 is 0 Å². The molecule has 1 amide bonds. The third kappa shape index (κ3) is 4.29. The maximum absolute atomic E-state index is 12.6. The fraction of sp³-hybridized carbons (Fsp3) is 0.158. The van der Waals surface area contributed by atoms with Gasteiger partial charge in [-0.1, -0.05) is 34.5 Å². The number of benzene rings is 2. The fourth-order valence-corrected chi connectivity index (χ4v) is 2.64. The Labute approximate surface area is 165 Å². The van der Waals surface area contributed by atoms with Gasteiger partial charge in [-0.25, -0.2) is 0 Å². The quantitative estimate of drug-likeness (QED) is 0.474. The van der Waals surface area contributed by atoms with Gasteiger partial charge in [0.2, 0.25) is 0 Å². The fourth-order valence-electron chi connectivity index (χ4n) is 2.47. The lowest BCUT2D eigenvalue weighted by Gasteiger charge is -2.08. The predicted molar refractivity (Wildman–Crippen MR) is 103 cm³/mol. The number of rotatable bonds is 6. The normalized spacial score (nSPS) is 10.5. The number of carbonyl (C=O) groups is 1. The topological polar surface area (TPSA) is 108 Å². The number of aromatic nitrogens is 1. The van der Waals surface area contributed by atoms with E-state index in [1.165, 1.54) is 12.1 Å². The predicted octanol–water partition coefficient (Wildman–Crippen LogP) is 4.68. The first-order chi connectivity index (χ1) is 13.3. The molecule has 1 heterocycles. The van der Waals surface area contributed by atoms with Crippen molar-refractivity contribution < 1.29 is 19.0 Å². The van der Waals surface area contributed by atoms with Crippen LogP contribution < -0.4 is 10.1 Å². The van der Waals surface area contributed by atoms with Crippen LogP contribution in [-0.2, 0) is 6.61 Å². The molecular formula is C19H16ClN3O5. The first kappa shape index (κ1) is 19.4. The van der Waals surface area contributed by atoms with Crippen LogP contribution in [0.2, 0.25) is 5.02 Å². The molecule has 1 N–H and O–H groups in total. The zero-order valence-electron chi connectivity index (χ0n) is 15.1. The Bertz CT molecular complexity index is 1030. The lowest BCUT2D eigenvalue weighted by atomic mass is 10.2. The summed E-state index contributed by atoms with van der Waals surface area (Å²) in [7, 11) is 0. The van der Waals surface area contributed by atoms with E-state index in [1.54, 1.807) is 6.92 Å². The Morgan fingerprint density at radius 3 is 2.64 bits per heavy atom. The van der Waals surface area contributed by atoms with Crippen molar-refractivity contribution in [2.24, 2.45) is 0 Å². The lowest BCUT2D eigenvalue weighted by Crippen LogP contribution is -2.16. The smallest absolute Gasteiger partial charge is 0.294 e. The number of hydrogen-bond donors (Lipinski definition) is 1. The average molecular weight is 402 g/mol. The number of nitro benzene ring substituents is 1. The minimum absolute atomic E-state index is 0.00505. The molecule has 3 rings (SSSR count). The van der Waals surface area contributed by atoms with E-state index in [0.717, 1.165) is 11.6 Å². The highest BCUT2D eigenvalue weighted by Crippen LogP contribution is 2.28. The molecule has 8 nitrogen and oxygen atoms in total. The van der Waals surface area contributed by atoms with E-state index >= 15 is 0 Å². The molecule has 2 aromatic carbocycles. The number of nitrogens with zero attached hydrogens (tertiary/aromatic N) is 2. The second kappa shape index (κ2) is 8.10. The van der Waals surface area contributed by atoms with Crippen molar-refractivity contribution in [3.8, 4) is 5.75 Å². The molecule has 28 heavy (non-hydrogen) atoms. The molecule has 0 radical (unpaired) electrons. The van der Waals surface area contributed by atoms with Gasteiger partial charge in [0, 0.05) is 11.1 Å². The molecule has 0 atom stereocenters. The largest absolute Gasteiger partial charge is 0.489 e. The number of anilines is 1. The Balaban J connectivity index is 1.80. The van der Waals surface area contributed by atoms with E-state index in [1.807, 2.05) is 31.2 Å². The van der Waals surface area contributed by atoms with Crippen LogP contribution in [0, 0.1) is 24.0 Å². The zero-order chi connectivity index (χ0) is 20.3. The second-order valence-corrected chi connectivity index (χ2v) is 6.48. The number of ether oxygens (including phenoxy) is 1. The van der Waals surface area contributed by atoms with E-state index < -0.39 is 10.8 Å². The van der Waals surface area contributed by atoms with E-state index in [9.17, 15) is 14.9 Å². The van der Waals surface area contributed by atoms with Gasteiger partial charge < -0.3 is 14.6 Å². The number of halogens is 1. The van der Waals surface area contributed by atoms with Gasteiger partial charge in [0.05, 0.1) is 10.5 Å². The minimum Gasteiger partial charge on any atom is -0.489 e. The number of amides is 1. The summed E-state index contributed by atoms with van der Waals surface area (Å²) in [4.78, 5) is 23.2. The molecule has 0 unspecified atom stereocenters. The van der Waals surface area contributed by atoms with Gasteiger partial charge in [-0.2, -0.15) is 0 Å². The molecule has 0 aliphatic carbocycles. The second-order valence-electron chi connectivity index (χ2n) is 6.04. The first-order valence-electron chi connectivity index (χ1n) is 8.25. The first-order valence-corrected chi connectivity index (χ1v) is 8.63. The lowest BCUT2D eigenvalue weighted by molar-refractivity contribution is -0.383. The molecule has 0 bridgehead atoms. The molecule has 144 valence electrons. The maximum Gasteiger partial charge on any atom is 0.294 e. The van der Waals surface area contributed by atoms with E-state index in [4.69, 9.17) is 20.9 Å². The van der Waals surface area contributed by atoms with Crippen molar-refractivity contribution in [1.82, 2.24) is 5.16 Å². The van der Waals surface area contributed by atoms with Gasteiger partial charge in [0.1, 0.15) is 23.8 Å². The highest BCUT2D eigenvalue weighted by molar-refractivity contribution is 6.31. The summed E-state index contributed by atoms with van der Waals surface area (Å²) in [6.45, 7) is 3.68. The average Bonchev–Trinajstić information content (AvgIpc) is 3.03. The molecule has 0 saturated heterocycles. The summed E-state index contributed by atoms with van der Waals surface area (Å²) >= 11 is 5.79. The summed E-state index contributed by atoms with van der Waals surface area (Å²) in [5, 5.41) is 17.6. The van der Waals surface area contributed by atoms with E-state index in [-0.39, 0.29) is 28.7 Å². The SMILES string of the molecule is Cc1ccc(OCc2c(C(=O)Nc3ccc(Cl)cc3[N+](=O)[O-])noc2C)cc1. The van der Waals surface area contributed by atoms with Gasteiger partial charge in [0.25, 0.3) is 11.6 Å². The van der Waals surface area contributed by atoms with Gasteiger partial charge in [-0.05, 0) is 38.1 Å². The number of hydrogen-bond acceptors (Lipinski definition) is 6. The molecule has 0 spiro atoms. The Morgan fingerprint density at radius 1 is 1.25 bits per heavy atom. The standard InChI is InChI=1S/C19H16ClN3O5/c1-11-3-6-14(7-4-11)27-10-15-12(2)28-22-18(15)19(24)21-16-8-5-13(20)9-17(16)23(25)26/h3-9H,10H2,1-2H3,(H,21,24). The highest BCUT2D eigenvalue weighted by atomic mass is 35.5. The van der Waals surface area contributed by atoms with Crippen LogP contribution in [0.3, 0.4) is 0 Å². The van der Waals surface area contributed by atoms with Crippen LogP contribution >= 0.6 is 11.6 Å². The molecule has 0 aliphatic rings. The maximum atomic E-state index is 12.6. The Morgan fingerprint density at radius 2 is 1.96 bits per heavy atom. The van der Waals surface area contributed by atoms with Gasteiger partial charge in [-0.3, -0.25) is 14.9 Å². The van der Waals surface area contributed by atoms with E-state index in [2.05, 4.69) is 10.5 Å². The van der Waals surface area contributed by atoms with Crippen LogP contribution in [0.25, 0.3) is 0 Å². The zero-order valence-corrected chi connectivity index (χ0v) is 15.8. The third-order valence-electron chi connectivity index (χ3n) is 4.01. The van der Waals surface area contributed by atoms with Crippen molar-refractivity contribution in [2.45, 2.75) is 20.5 Å². The van der Waals surface area contributed by atoms with Crippen LogP contribution in [0.1, 0.15) is 27.4 Å². The molecule has 0 aliphatic heterocycles. The van der Waals surface area contributed by atoms with Crippen molar-refractivity contribution in [2.75, 3.05) is 5.32 Å². The molecule has 3 aromatic rings. The summed E-state index contributed by atoms with van der Waals surface area (Å²) in [5.74, 6) is 0.401.